The third kappa shape index (κ3) is 4.38. The molecule has 0 aliphatic rings. The van der Waals surface area contributed by atoms with Crippen LogP contribution in [0.4, 0.5) is 5.13 Å². The van der Waals surface area contributed by atoms with Gasteiger partial charge in [-0.15, -0.1) is 11.3 Å². The minimum Gasteiger partial charge on any atom is -0.302 e. The van der Waals surface area contributed by atoms with Gasteiger partial charge < -0.3 is 5.32 Å². The number of hydrogen-bond donors (Lipinski definition) is 1. The number of carbonyl (C=O) groups is 1. The van der Waals surface area contributed by atoms with Crippen molar-refractivity contribution in [3.63, 3.8) is 0 Å². The van der Waals surface area contributed by atoms with Crippen molar-refractivity contribution in [2.24, 2.45) is 0 Å². The molecule has 0 radical (unpaired) electrons. The van der Waals surface area contributed by atoms with Crippen LogP contribution in [0, 0.1) is 13.8 Å². The Hall–Kier alpha value is -2.46. The number of thiazole rings is 1. The van der Waals surface area contributed by atoms with Crippen molar-refractivity contribution in [2.75, 3.05) is 5.32 Å². The Balaban J connectivity index is 1.64. The molecule has 0 unspecified atom stereocenters. The molecule has 0 aliphatic carbocycles. The summed E-state index contributed by atoms with van der Waals surface area (Å²) >= 11 is 1.46. The van der Waals surface area contributed by atoms with Gasteiger partial charge in [-0.3, -0.25) is 4.79 Å². The van der Waals surface area contributed by atoms with Gasteiger partial charge in [-0.05, 0) is 48.1 Å². The maximum absolute atomic E-state index is 12.3. The van der Waals surface area contributed by atoms with Gasteiger partial charge in [0.1, 0.15) is 0 Å². The molecule has 1 heterocycles. The third-order valence-electron chi connectivity index (χ3n) is 4.56. The fourth-order valence-corrected chi connectivity index (χ4v) is 3.47. The molecule has 0 atom stereocenters. The smallest absolute Gasteiger partial charge is 0.230 e. The molecule has 0 aliphatic heterocycles. The van der Waals surface area contributed by atoms with E-state index in [4.69, 9.17) is 0 Å². The molecule has 4 heteroatoms. The highest BCUT2D eigenvalue weighted by molar-refractivity contribution is 7.14. The molecule has 134 valence electrons. The molecule has 3 aromatic rings. The van der Waals surface area contributed by atoms with Crippen molar-refractivity contribution in [2.45, 2.75) is 40.0 Å². The van der Waals surface area contributed by atoms with Gasteiger partial charge in [0.25, 0.3) is 0 Å². The number of amides is 1. The zero-order valence-electron chi connectivity index (χ0n) is 15.7. The lowest BCUT2D eigenvalue weighted by atomic mass is 10.0. The van der Waals surface area contributed by atoms with E-state index in [9.17, 15) is 4.79 Å². The van der Waals surface area contributed by atoms with Crippen LogP contribution in [0.25, 0.3) is 11.3 Å². The number of anilines is 1. The molecule has 0 fully saturated rings. The van der Waals surface area contributed by atoms with Crippen LogP contribution >= 0.6 is 11.3 Å². The monoisotopic (exact) mass is 364 g/mol. The molecule has 0 saturated carbocycles. The third-order valence-corrected chi connectivity index (χ3v) is 5.32. The molecule has 2 aromatic carbocycles. The Morgan fingerprint density at radius 3 is 2.46 bits per heavy atom. The second-order valence-corrected chi connectivity index (χ2v) is 7.82. The average Bonchev–Trinajstić information content (AvgIpc) is 3.06. The van der Waals surface area contributed by atoms with Crippen molar-refractivity contribution in [3.8, 4) is 11.3 Å². The topological polar surface area (TPSA) is 42.0 Å². The number of carbonyl (C=O) groups excluding carboxylic acids is 1. The summed E-state index contributed by atoms with van der Waals surface area (Å²) in [6.07, 6.45) is 0.358. The first kappa shape index (κ1) is 18.3. The van der Waals surface area contributed by atoms with Crippen molar-refractivity contribution in [1.82, 2.24) is 4.98 Å². The number of aromatic nitrogens is 1. The van der Waals surface area contributed by atoms with Crippen molar-refractivity contribution < 1.29 is 4.79 Å². The number of nitrogens with zero attached hydrogens (tertiary/aromatic N) is 1. The number of rotatable bonds is 5. The molecule has 0 bridgehead atoms. The summed E-state index contributed by atoms with van der Waals surface area (Å²) in [5.41, 5.74) is 6.78. The molecular formula is C22H24N2OS. The molecule has 1 amide bonds. The highest BCUT2D eigenvalue weighted by Crippen LogP contribution is 2.26. The Morgan fingerprint density at radius 2 is 1.81 bits per heavy atom. The molecule has 3 nitrogen and oxygen atoms in total. The molecule has 26 heavy (non-hydrogen) atoms. The van der Waals surface area contributed by atoms with Gasteiger partial charge in [-0.1, -0.05) is 50.2 Å². The number of hydrogen-bond acceptors (Lipinski definition) is 3. The van der Waals surface area contributed by atoms with E-state index in [-0.39, 0.29) is 5.91 Å². The van der Waals surface area contributed by atoms with Gasteiger partial charge >= 0.3 is 0 Å². The van der Waals surface area contributed by atoms with Crippen molar-refractivity contribution >= 4 is 22.4 Å². The predicted molar refractivity (Wildman–Crippen MR) is 110 cm³/mol. The summed E-state index contributed by atoms with van der Waals surface area (Å²) in [6.45, 7) is 8.52. The highest BCUT2D eigenvalue weighted by atomic mass is 32.1. The van der Waals surface area contributed by atoms with E-state index in [1.54, 1.807) is 0 Å². The second kappa shape index (κ2) is 7.83. The maximum atomic E-state index is 12.3. The van der Waals surface area contributed by atoms with Crippen LogP contribution in [-0.2, 0) is 11.2 Å². The zero-order chi connectivity index (χ0) is 18.7. The lowest BCUT2D eigenvalue weighted by molar-refractivity contribution is -0.115. The molecule has 1 N–H and O–H groups in total. The van der Waals surface area contributed by atoms with Gasteiger partial charge in [0.2, 0.25) is 5.91 Å². The van der Waals surface area contributed by atoms with Crippen LogP contribution in [-0.4, -0.2) is 10.9 Å². The predicted octanol–water partition coefficient (Wildman–Crippen LogP) is 5.73. The van der Waals surface area contributed by atoms with Crippen LogP contribution in [0.1, 0.15) is 42.0 Å². The molecule has 0 saturated heterocycles. The van der Waals surface area contributed by atoms with E-state index in [1.165, 1.54) is 28.0 Å². The van der Waals surface area contributed by atoms with Gasteiger partial charge in [0, 0.05) is 10.9 Å². The summed E-state index contributed by atoms with van der Waals surface area (Å²) in [4.78, 5) is 16.9. The summed E-state index contributed by atoms with van der Waals surface area (Å²) in [7, 11) is 0. The van der Waals surface area contributed by atoms with E-state index in [0.29, 0.717) is 17.5 Å². The lowest BCUT2D eigenvalue weighted by Gasteiger charge is -2.07. The van der Waals surface area contributed by atoms with E-state index < -0.39 is 0 Å². The Kier molecular flexibility index (Phi) is 5.52. The fourth-order valence-electron chi connectivity index (χ4n) is 2.73. The van der Waals surface area contributed by atoms with E-state index in [1.807, 2.05) is 17.5 Å². The van der Waals surface area contributed by atoms with Crippen LogP contribution in [0.15, 0.2) is 47.8 Å². The van der Waals surface area contributed by atoms with Crippen LogP contribution in [0.3, 0.4) is 0 Å². The van der Waals surface area contributed by atoms with Crippen molar-refractivity contribution in [3.05, 3.63) is 70.1 Å². The first-order valence-electron chi connectivity index (χ1n) is 8.84. The van der Waals surface area contributed by atoms with Crippen LogP contribution < -0.4 is 5.32 Å². The standard InChI is InChI=1S/C22H24N2OS/c1-14(2)18-9-6-17(7-10-18)12-21(25)24-22-23-20(13-26-22)19-8-5-15(3)16(4)11-19/h5-11,13-14H,12H2,1-4H3,(H,23,24,25). The Bertz CT molecular complexity index is 910. The Labute approximate surface area is 159 Å². The average molecular weight is 365 g/mol. The summed E-state index contributed by atoms with van der Waals surface area (Å²) < 4.78 is 0. The maximum Gasteiger partial charge on any atom is 0.230 e. The van der Waals surface area contributed by atoms with Crippen LogP contribution in [0.5, 0.6) is 0 Å². The molecule has 3 rings (SSSR count). The molecule has 0 spiro atoms. The second-order valence-electron chi connectivity index (χ2n) is 6.96. The normalized spacial score (nSPS) is 11.0. The number of aryl methyl sites for hydroxylation is 2. The summed E-state index contributed by atoms with van der Waals surface area (Å²) in [6, 6.07) is 14.5. The first-order chi connectivity index (χ1) is 12.4. The highest BCUT2D eigenvalue weighted by Gasteiger charge is 2.10. The number of benzene rings is 2. The largest absolute Gasteiger partial charge is 0.302 e. The molecule has 1 aromatic heterocycles. The summed E-state index contributed by atoms with van der Waals surface area (Å²) in [5.74, 6) is 0.459. The van der Waals surface area contributed by atoms with Gasteiger partial charge in [-0.25, -0.2) is 4.98 Å². The zero-order valence-corrected chi connectivity index (χ0v) is 16.5. The van der Waals surface area contributed by atoms with Gasteiger partial charge in [0.05, 0.1) is 12.1 Å². The minimum atomic E-state index is -0.0386. The van der Waals surface area contributed by atoms with E-state index >= 15 is 0 Å². The lowest BCUT2D eigenvalue weighted by Crippen LogP contribution is -2.14. The first-order valence-corrected chi connectivity index (χ1v) is 9.72. The van der Waals surface area contributed by atoms with E-state index in [2.05, 4.69) is 68.3 Å². The van der Waals surface area contributed by atoms with Crippen molar-refractivity contribution in [1.29, 1.82) is 0 Å². The van der Waals surface area contributed by atoms with Crippen LogP contribution in [0.2, 0.25) is 0 Å². The minimum absolute atomic E-state index is 0.0386. The van der Waals surface area contributed by atoms with Gasteiger partial charge in [-0.2, -0.15) is 0 Å². The quantitative estimate of drug-likeness (QED) is 0.628. The number of nitrogens with one attached hydrogen (secondary N) is 1. The van der Waals surface area contributed by atoms with Gasteiger partial charge in [0.15, 0.2) is 5.13 Å². The van der Waals surface area contributed by atoms with E-state index in [0.717, 1.165) is 16.8 Å². The molecular weight excluding hydrogens is 340 g/mol. The SMILES string of the molecule is Cc1ccc(-c2csc(NC(=O)Cc3ccc(C(C)C)cc3)n2)cc1C. The Morgan fingerprint density at radius 1 is 1.08 bits per heavy atom. The fraction of sp³-hybridized carbons (Fsp3) is 0.273. The summed E-state index contributed by atoms with van der Waals surface area (Å²) in [5, 5.41) is 5.54.